The van der Waals surface area contributed by atoms with Crippen LogP contribution in [-0.2, 0) is 0 Å². The van der Waals surface area contributed by atoms with Gasteiger partial charge in [0.1, 0.15) is 0 Å². The Balaban J connectivity index is 1.66. The van der Waals surface area contributed by atoms with E-state index in [-0.39, 0.29) is 5.78 Å². The van der Waals surface area contributed by atoms with Gasteiger partial charge in [0.25, 0.3) is 0 Å². The molecule has 1 atom stereocenters. The van der Waals surface area contributed by atoms with Crippen molar-refractivity contribution in [3.05, 3.63) is 35.9 Å². The zero-order valence-electron chi connectivity index (χ0n) is 12.7. The third-order valence-electron chi connectivity index (χ3n) is 4.23. The number of carbonyl (C=O) groups is 1. The van der Waals surface area contributed by atoms with Crippen molar-refractivity contribution >= 4 is 5.78 Å². The summed E-state index contributed by atoms with van der Waals surface area (Å²) in [6.07, 6.45) is 4.22. The largest absolute Gasteiger partial charge is 0.305 e. The highest BCUT2D eigenvalue weighted by Crippen LogP contribution is 2.15. The summed E-state index contributed by atoms with van der Waals surface area (Å²) < 4.78 is 0. The average Bonchev–Trinajstić information content (AvgIpc) is 2.85. The molecule has 3 heteroatoms. The minimum Gasteiger partial charge on any atom is -0.305 e. The highest BCUT2D eigenvalue weighted by molar-refractivity contribution is 5.95. The van der Waals surface area contributed by atoms with Gasteiger partial charge in [-0.25, -0.2) is 0 Å². The van der Waals surface area contributed by atoms with Crippen molar-refractivity contribution < 1.29 is 4.79 Å². The highest BCUT2D eigenvalue weighted by Gasteiger charge is 2.21. The van der Waals surface area contributed by atoms with Crippen molar-refractivity contribution in [2.75, 3.05) is 33.7 Å². The van der Waals surface area contributed by atoms with Crippen molar-refractivity contribution in [3.63, 3.8) is 0 Å². The van der Waals surface area contributed by atoms with Crippen LogP contribution in [0.5, 0.6) is 0 Å². The molecule has 1 aliphatic heterocycles. The summed E-state index contributed by atoms with van der Waals surface area (Å²) in [6.45, 7) is 3.35. The summed E-state index contributed by atoms with van der Waals surface area (Å²) in [5.74, 6) is 0.261. The predicted molar refractivity (Wildman–Crippen MR) is 83.2 cm³/mol. The number of ketones is 1. The normalized spacial score (nSPS) is 19.6. The van der Waals surface area contributed by atoms with E-state index in [1.807, 2.05) is 30.3 Å². The molecular formula is C17H26N2O. The predicted octanol–water partition coefficient (Wildman–Crippen LogP) is 2.68. The number of hydrogen-bond acceptors (Lipinski definition) is 3. The second-order valence-corrected chi connectivity index (χ2v) is 5.93. The van der Waals surface area contributed by atoms with E-state index < -0.39 is 0 Å². The maximum absolute atomic E-state index is 12.0. The number of Topliss-reactive ketones (excluding diaryl/α,β-unsaturated/α-hetero) is 1. The fourth-order valence-corrected chi connectivity index (χ4v) is 2.94. The van der Waals surface area contributed by atoms with E-state index in [4.69, 9.17) is 0 Å². The van der Waals surface area contributed by atoms with Crippen LogP contribution in [0.2, 0.25) is 0 Å². The lowest BCUT2D eigenvalue weighted by Gasteiger charge is -2.25. The van der Waals surface area contributed by atoms with Crippen molar-refractivity contribution in [2.45, 2.75) is 31.7 Å². The van der Waals surface area contributed by atoms with E-state index in [0.717, 1.165) is 25.1 Å². The zero-order chi connectivity index (χ0) is 14.4. The lowest BCUT2D eigenvalue weighted by molar-refractivity contribution is 0.0975. The summed E-state index contributed by atoms with van der Waals surface area (Å²) in [7, 11) is 4.38. The molecule has 1 unspecified atom stereocenters. The van der Waals surface area contributed by atoms with Gasteiger partial charge in [-0.2, -0.15) is 0 Å². The van der Waals surface area contributed by atoms with Crippen molar-refractivity contribution in [1.29, 1.82) is 0 Å². The van der Waals surface area contributed by atoms with E-state index in [9.17, 15) is 4.79 Å². The topological polar surface area (TPSA) is 23.6 Å². The number of rotatable bonds is 7. The van der Waals surface area contributed by atoms with Crippen molar-refractivity contribution in [1.82, 2.24) is 9.80 Å². The Morgan fingerprint density at radius 3 is 2.75 bits per heavy atom. The van der Waals surface area contributed by atoms with Crippen molar-refractivity contribution in [2.24, 2.45) is 0 Å². The van der Waals surface area contributed by atoms with E-state index in [1.165, 1.54) is 19.4 Å². The fraction of sp³-hybridized carbons (Fsp3) is 0.588. The third-order valence-corrected chi connectivity index (χ3v) is 4.23. The smallest absolute Gasteiger partial charge is 0.162 e. The van der Waals surface area contributed by atoms with Gasteiger partial charge in [0.05, 0.1) is 0 Å². The minimum atomic E-state index is 0.261. The Kier molecular flexibility index (Phi) is 5.74. The summed E-state index contributed by atoms with van der Waals surface area (Å²) in [5, 5.41) is 0. The van der Waals surface area contributed by atoms with Gasteiger partial charge in [0, 0.05) is 24.6 Å². The first-order chi connectivity index (χ1) is 9.66. The van der Waals surface area contributed by atoms with Crippen molar-refractivity contribution in [3.8, 4) is 0 Å². The third kappa shape index (κ3) is 4.43. The van der Waals surface area contributed by atoms with Gasteiger partial charge in [0.15, 0.2) is 5.78 Å². The number of likely N-dealkylation sites (tertiary alicyclic amines) is 1. The van der Waals surface area contributed by atoms with E-state index in [2.05, 4.69) is 23.9 Å². The molecule has 1 aromatic carbocycles. The summed E-state index contributed by atoms with van der Waals surface area (Å²) in [4.78, 5) is 16.8. The molecule has 1 aromatic rings. The maximum Gasteiger partial charge on any atom is 0.162 e. The van der Waals surface area contributed by atoms with E-state index in [1.54, 1.807) is 0 Å². The molecule has 0 saturated carbocycles. The zero-order valence-corrected chi connectivity index (χ0v) is 12.7. The number of hydrogen-bond donors (Lipinski definition) is 0. The summed E-state index contributed by atoms with van der Waals surface area (Å²) in [5.41, 5.74) is 0.839. The van der Waals surface area contributed by atoms with Crippen LogP contribution in [0.3, 0.4) is 0 Å². The molecule has 20 heavy (non-hydrogen) atoms. The first-order valence-electron chi connectivity index (χ1n) is 7.64. The van der Waals surface area contributed by atoms with E-state index in [0.29, 0.717) is 12.5 Å². The molecule has 1 fully saturated rings. The molecule has 3 nitrogen and oxygen atoms in total. The Morgan fingerprint density at radius 2 is 2.10 bits per heavy atom. The maximum atomic E-state index is 12.0. The molecule has 0 bridgehead atoms. The average molecular weight is 274 g/mol. The molecule has 1 aliphatic rings. The molecule has 0 aromatic heterocycles. The second-order valence-electron chi connectivity index (χ2n) is 5.93. The molecule has 1 saturated heterocycles. The van der Waals surface area contributed by atoms with Gasteiger partial charge in [-0.05, 0) is 46.4 Å². The lowest BCUT2D eigenvalue weighted by Crippen LogP contribution is -2.37. The molecule has 0 aliphatic carbocycles. The molecule has 0 spiro atoms. The van der Waals surface area contributed by atoms with Crippen LogP contribution in [0, 0.1) is 0 Å². The molecule has 2 rings (SSSR count). The monoisotopic (exact) mass is 274 g/mol. The van der Waals surface area contributed by atoms with Crippen LogP contribution in [-0.4, -0.2) is 55.4 Å². The van der Waals surface area contributed by atoms with Gasteiger partial charge in [0.2, 0.25) is 0 Å². The van der Waals surface area contributed by atoms with Gasteiger partial charge in [-0.1, -0.05) is 30.3 Å². The first kappa shape index (κ1) is 15.2. The number of nitrogens with zero attached hydrogens (tertiary/aromatic N) is 2. The standard InChI is InChI=1S/C17H26N2O/c1-18(14-16-10-6-13-19(16)2)12-7-11-17(20)15-8-4-3-5-9-15/h3-5,8-9,16H,6-7,10-14H2,1-2H3. The Bertz CT molecular complexity index is 418. The van der Waals surface area contributed by atoms with E-state index >= 15 is 0 Å². The van der Waals surface area contributed by atoms with Crippen LogP contribution in [0.15, 0.2) is 30.3 Å². The first-order valence-corrected chi connectivity index (χ1v) is 7.64. The quantitative estimate of drug-likeness (QED) is 0.714. The summed E-state index contributed by atoms with van der Waals surface area (Å²) >= 11 is 0. The highest BCUT2D eigenvalue weighted by atomic mass is 16.1. The van der Waals surface area contributed by atoms with Crippen LogP contribution >= 0.6 is 0 Å². The van der Waals surface area contributed by atoms with Crippen LogP contribution < -0.4 is 0 Å². The second kappa shape index (κ2) is 7.55. The molecule has 0 radical (unpaired) electrons. The molecule has 1 heterocycles. The number of likely N-dealkylation sites (N-methyl/N-ethyl adjacent to an activating group) is 2. The van der Waals surface area contributed by atoms with Crippen LogP contribution in [0.1, 0.15) is 36.0 Å². The molecule has 110 valence electrons. The minimum absolute atomic E-state index is 0.261. The molecule has 0 amide bonds. The Hall–Kier alpha value is -1.19. The van der Waals surface area contributed by atoms with Gasteiger partial charge >= 0.3 is 0 Å². The van der Waals surface area contributed by atoms with Crippen LogP contribution in [0.4, 0.5) is 0 Å². The number of carbonyl (C=O) groups excluding carboxylic acids is 1. The fourth-order valence-electron chi connectivity index (χ4n) is 2.94. The Labute approximate surface area is 122 Å². The van der Waals surface area contributed by atoms with Gasteiger partial charge in [-0.15, -0.1) is 0 Å². The summed E-state index contributed by atoms with van der Waals surface area (Å²) in [6, 6.07) is 10.3. The lowest BCUT2D eigenvalue weighted by atomic mass is 10.1. The SMILES string of the molecule is CN(CCCC(=O)c1ccccc1)CC1CCCN1C. The van der Waals surface area contributed by atoms with Gasteiger partial charge < -0.3 is 9.80 Å². The molecular weight excluding hydrogens is 248 g/mol. The van der Waals surface area contributed by atoms with Crippen LogP contribution in [0.25, 0.3) is 0 Å². The number of benzene rings is 1. The molecule has 0 N–H and O–H groups in total. The van der Waals surface area contributed by atoms with Gasteiger partial charge in [-0.3, -0.25) is 4.79 Å². The Morgan fingerprint density at radius 1 is 1.35 bits per heavy atom.